The van der Waals surface area contributed by atoms with E-state index in [1.165, 1.54) is 5.56 Å². The van der Waals surface area contributed by atoms with Crippen molar-refractivity contribution in [2.24, 2.45) is 5.73 Å². The van der Waals surface area contributed by atoms with Crippen LogP contribution < -0.4 is 10.9 Å². The van der Waals surface area contributed by atoms with Crippen LogP contribution in [0.3, 0.4) is 0 Å². The van der Waals surface area contributed by atoms with Crippen molar-refractivity contribution in [2.75, 3.05) is 13.1 Å². The number of amides is 1. The van der Waals surface area contributed by atoms with Crippen molar-refractivity contribution in [3.05, 3.63) is 77.4 Å². The highest BCUT2D eigenvalue weighted by atomic mass is 28.4. The van der Waals surface area contributed by atoms with E-state index in [2.05, 4.69) is 24.3 Å². The maximum Gasteiger partial charge on any atom is 0.253 e. The molecule has 3 aromatic carbocycles. The first-order chi connectivity index (χ1) is 14.3. The molecule has 5 heteroatoms. The van der Waals surface area contributed by atoms with E-state index < -0.39 is 8.32 Å². The fraction of sp³-hybridized carbons (Fsp3) is 0.320. The third kappa shape index (κ3) is 4.33. The van der Waals surface area contributed by atoms with Gasteiger partial charge in [-0.3, -0.25) is 4.79 Å². The molecule has 1 amide bonds. The number of likely N-dealkylation sites (tertiary alicyclic amines) is 1. The van der Waals surface area contributed by atoms with Crippen LogP contribution in [-0.4, -0.2) is 37.0 Å². The fourth-order valence-corrected chi connectivity index (χ4v) is 5.33. The normalized spacial score (nSPS) is 15.5. The van der Waals surface area contributed by atoms with Crippen LogP contribution >= 0.6 is 0 Å². The lowest BCUT2D eigenvalue weighted by atomic mass is 9.88. The Balaban J connectivity index is 1.49. The first-order valence-corrected chi connectivity index (χ1v) is 13.6. The number of hydrogen-bond acceptors (Lipinski definition) is 3. The molecule has 4 rings (SSSR count). The highest BCUT2D eigenvalue weighted by molar-refractivity contribution is 6.83. The zero-order valence-electron chi connectivity index (χ0n) is 17.8. The molecular formula is C25H30N2O2Si. The van der Waals surface area contributed by atoms with Crippen molar-refractivity contribution in [1.82, 2.24) is 4.90 Å². The van der Waals surface area contributed by atoms with Crippen LogP contribution in [0.5, 0.6) is 0 Å². The van der Waals surface area contributed by atoms with Crippen molar-refractivity contribution < 1.29 is 9.59 Å². The highest BCUT2D eigenvalue weighted by Crippen LogP contribution is 2.29. The molecule has 0 spiro atoms. The van der Waals surface area contributed by atoms with Crippen molar-refractivity contribution in [3.8, 4) is 0 Å². The summed E-state index contributed by atoms with van der Waals surface area (Å²) >= 11 is 0. The van der Waals surface area contributed by atoms with E-state index in [0.29, 0.717) is 12.5 Å². The molecule has 156 valence electrons. The minimum Gasteiger partial charge on any atom is -0.428 e. The number of fused-ring (bicyclic) bond motifs is 1. The molecule has 0 bridgehead atoms. The first-order valence-electron chi connectivity index (χ1n) is 10.7. The zero-order valence-corrected chi connectivity index (χ0v) is 18.8. The van der Waals surface area contributed by atoms with Gasteiger partial charge in [0.1, 0.15) is 0 Å². The van der Waals surface area contributed by atoms with Crippen molar-refractivity contribution in [3.63, 3.8) is 0 Å². The van der Waals surface area contributed by atoms with E-state index in [0.717, 1.165) is 53.0 Å². The maximum absolute atomic E-state index is 13.1. The fourth-order valence-electron chi connectivity index (χ4n) is 4.33. The van der Waals surface area contributed by atoms with Gasteiger partial charge in [0.2, 0.25) is 8.32 Å². The van der Waals surface area contributed by atoms with Gasteiger partial charge in [0.15, 0.2) is 0 Å². The third-order valence-electron chi connectivity index (χ3n) is 6.23. The smallest absolute Gasteiger partial charge is 0.253 e. The molecule has 3 N–H and O–H groups in total. The number of nitrogens with zero attached hydrogens (tertiary/aromatic N) is 1. The summed E-state index contributed by atoms with van der Waals surface area (Å²) in [6.45, 7) is 5.92. The van der Waals surface area contributed by atoms with E-state index in [-0.39, 0.29) is 5.91 Å². The minimum absolute atomic E-state index is 0.0944. The maximum atomic E-state index is 13.1. The molecule has 4 nitrogen and oxygen atoms in total. The SMILES string of the molecule is C[Si](C)(O)c1ccc2ccc(C(=O)N3CCC(c4cccc(CN)c4)CC3)cc2c1. The van der Waals surface area contributed by atoms with Crippen LogP contribution in [0.15, 0.2) is 60.7 Å². The molecule has 0 atom stereocenters. The summed E-state index contributed by atoms with van der Waals surface area (Å²) in [6, 6.07) is 20.5. The Hall–Kier alpha value is -2.47. The summed E-state index contributed by atoms with van der Waals surface area (Å²) in [5.41, 5.74) is 9.00. The number of hydrogen-bond donors (Lipinski definition) is 2. The number of carbonyl (C=O) groups is 1. The van der Waals surface area contributed by atoms with Crippen LogP contribution in [-0.2, 0) is 6.54 Å². The van der Waals surface area contributed by atoms with Crippen LogP contribution in [0.2, 0.25) is 13.1 Å². The molecule has 1 aliphatic rings. The average Bonchev–Trinajstić information content (AvgIpc) is 2.77. The highest BCUT2D eigenvalue weighted by Gasteiger charge is 2.25. The molecule has 1 aliphatic heterocycles. The Morgan fingerprint density at radius 1 is 1.03 bits per heavy atom. The molecule has 1 heterocycles. The van der Waals surface area contributed by atoms with Gasteiger partial charge >= 0.3 is 0 Å². The molecule has 0 aromatic heterocycles. The lowest BCUT2D eigenvalue weighted by Gasteiger charge is -2.32. The summed E-state index contributed by atoms with van der Waals surface area (Å²) in [7, 11) is -2.38. The second-order valence-electron chi connectivity index (χ2n) is 8.85. The summed E-state index contributed by atoms with van der Waals surface area (Å²) in [5.74, 6) is 0.577. The number of nitrogens with two attached hydrogens (primary N) is 1. The van der Waals surface area contributed by atoms with E-state index in [9.17, 15) is 9.59 Å². The largest absolute Gasteiger partial charge is 0.428 e. The number of piperidine rings is 1. The lowest BCUT2D eigenvalue weighted by Crippen LogP contribution is -2.41. The van der Waals surface area contributed by atoms with Crippen LogP contribution in [0.4, 0.5) is 0 Å². The molecular weight excluding hydrogens is 388 g/mol. The zero-order chi connectivity index (χ0) is 21.3. The monoisotopic (exact) mass is 418 g/mol. The summed E-state index contributed by atoms with van der Waals surface area (Å²) in [5, 5.41) is 3.09. The number of benzene rings is 3. The van der Waals surface area contributed by atoms with E-state index in [4.69, 9.17) is 5.73 Å². The molecule has 30 heavy (non-hydrogen) atoms. The quantitative estimate of drug-likeness (QED) is 0.635. The molecule has 0 radical (unpaired) electrons. The molecule has 0 saturated carbocycles. The van der Waals surface area contributed by atoms with Crippen molar-refractivity contribution in [2.45, 2.75) is 38.4 Å². The second-order valence-corrected chi connectivity index (χ2v) is 12.5. The molecule has 1 saturated heterocycles. The Kier molecular flexibility index (Phi) is 5.78. The second kappa shape index (κ2) is 8.34. The Morgan fingerprint density at radius 3 is 2.47 bits per heavy atom. The summed E-state index contributed by atoms with van der Waals surface area (Å²) < 4.78 is 0. The number of rotatable bonds is 4. The average molecular weight is 419 g/mol. The standard InChI is InChI=1S/C25H30N2O2Si/c1-30(2,29)24-9-8-19-6-7-22(15-23(19)16-24)25(28)27-12-10-20(11-13-27)21-5-3-4-18(14-21)17-26/h3-9,14-16,20,29H,10-13,17,26H2,1-2H3. The van der Waals surface area contributed by atoms with Gasteiger partial charge in [-0.1, -0.05) is 48.5 Å². The van der Waals surface area contributed by atoms with Gasteiger partial charge in [-0.15, -0.1) is 0 Å². The van der Waals surface area contributed by atoms with Gasteiger partial charge in [-0.05, 0) is 71.1 Å². The molecule has 3 aromatic rings. The van der Waals surface area contributed by atoms with E-state index >= 15 is 0 Å². The van der Waals surface area contributed by atoms with Gasteiger partial charge in [0.25, 0.3) is 5.91 Å². The van der Waals surface area contributed by atoms with Gasteiger partial charge in [0.05, 0.1) is 0 Å². The van der Waals surface area contributed by atoms with Crippen LogP contribution in [0.1, 0.15) is 40.2 Å². The minimum atomic E-state index is -2.38. The molecule has 0 aliphatic carbocycles. The van der Waals surface area contributed by atoms with Crippen LogP contribution in [0, 0.1) is 0 Å². The van der Waals surface area contributed by atoms with Crippen LogP contribution in [0.25, 0.3) is 10.8 Å². The molecule has 0 unspecified atom stereocenters. The summed E-state index contributed by atoms with van der Waals surface area (Å²) in [4.78, 5) is 25.5. The summed E-state index contributed by atoms with van der Waals surface area (Å²) in [6.07, 6.45) is 1.95. The first kappa shape index (κ1) is 20.8. The van der Waals surface area contributed by atoms with Gasteiger partial charge < -0.3 is 15.4 Å². The topological polar surface area (TPSA) is 66.6 Å². The van der Waals surface area contributed by atoms with Gasteiger partial charge in [0, 0.05) is 25.2 Å². The molecule has 1 fully saturated rings. The number of carbonyl (C=O) groups excluding carboxylic acids is 1. The van der Waals surface area contributed by atoms with Gasteiger partial charge in [-0.2, -0.15) is 0 Å². The third-order valence-corrected chi connectivity index (χ3v) is 7.96. The van der Waals surface area contributed by atoms with E-state index in [1.807, 2.05) is 54.4 Å². The Morgan fingerprint density at radius 2 is 1.77 bits per heavy atom. The predicted octanol–water partition coefficient (Wildman–Crippen LogP) is 3.72. The van der Waals surface area contributed by atoms with Gasteiger partial charge in [-0.25, -0.2) is 0 Å². The Labute approximate surface area is 179 Å². The lowest BCUT2D eigenvalue weighted by molar-refractivity contribution is 0.0713. The van der Waals surface area contributed by atoms with Crippen molar-refractivity contribution >= 4 is 30.2 Å². The van der Waals surface area contributed by atoms with Crippen molar-refractivity contribution in [1.29, 1.82) is 0 Å². The Bertz CT molecular complexity index is 1070. The van der Waals surface area contributed by atoms with E-state index in [1.54, 1.807) is 0 Å². The predicted molar refractivity (Wildman–Crippen MR) is 125 cm³/mol.